The molecule has 6 nitrogen and oxygen atoms in total. The van der Waals surface area contributed by atoms with Crippen molar-refractivity contribution in [2.45, 2.75) is 43.1 Å². The number of H-pyrrole nitrogens is 1. The number of pyridine rings is 1. The van der Waals surface area contributed by atoms with Gasteiger partial charge in [0.05, 0.1) is 23.6 Å². The molecule has 3 heterocycles. The molecule has 0 radical (unpaired) electrons. The molecule has 2 fully saturated rings. The van der Waals surface area contributed by atoms with Crippen molar-refractivity contribution in [1.29, 1.82) is 0 Å². The van der Waals surface area contributed by atoms with E-state index in [9.17, 15) is 5.11 Å². The average molecular weight is 392 g/mol. The molecule has 1 saturated heterocycles. The molecule has 0 amide bonds. The third-order valence-electron chi connectivity index (χ3n) is 7.17. The molecule has 3 N–H and O–H groups in total. The molecule has 29 heavy (non-hydrogen) atoms. The SMILES string of the molecule is CN(C)[C@]1(c2ccccc2)CC[C@]2(CC1)CN(c1cncc3[nH]ccc13)C(O)N2. The Morgan fingerprint density at radius 1 is 1.07 bits per heavy atom. The van der Waals surface area contributed by atoms with Crippen LogP contribution in [0.5, 0.6) is 0 Å². The number of aromatic nitrogens is 2. The average Bonchev–Trinajstić information content (AvgIpc) is 3.34. The molecule has 1 unspecified atom stereocenters. The summed E-state index contributed by atoms with van der Waals surface area (Å²) in [5.74, 6) is 0. The third kappa shape index (κ3) is 2.94. The second-order valence-electron chi connectivity index (χ2n) is 8.82. The topological polar surface area (TPSA) is 67.4 Å². The Hall–Kier alpha value is -2.41. The first-order chi connectivity index (χ1) is 14.0. The van der Waals surface area contributed by atoms with Crippen LogP contribution in [0, 0.1) is 0 Å². The van der Waals surface area contributed by atoms with Crippen molar-refractivity contribution in [3.05, 3.63) is 60.6 Å². The standard InChI is InChI=1S/C23H29N5O/c1-27(2)23(17-6-4-3-5-7-17)11-9-22(10-12-23)16-28(21(29)26-22)20-15-24-14-19-18(20)8-13-25-19/h3-8,13-15,21,25-26,29H,9-12,16H2,1-2H3/t21?,22-,23+. The van der Waals surface area contributed by atoms with Crippen LogP contribution < -0.4 is 10.2 Å². The van der Waals surface area contributed by atoms with E-state index in [2.05, 4.69) is 75.6 Å². The molecular formula is C23H29N5O. The fourth-order valence-electron chi connectivity index (χ4n) is 5.41. The summed E-state index contributed by atoms with van der Waals surface area (Å²) in [6.07, 6.45) is 9.07. The second-order valence-corrected chi connectivity index (χ2v) is 8.82. The van der Waals surface area contributed by atoms with Gasteiger partial charge in [-0.3, -0.25) is 15.2 Å². The summed E-state index contributed by atoms with van der Waals surface area (Å²) < 4.78 is 0. The number of aliphatic hydroxyl groups excluding tert-OH is 1. The number of nitrogens with one attached hydrogen (secondary N) is 2. The minimum absolute atomic E-state index is 0.0504. The van der Waals surface area contributed by atoms with Gasteiger partial charge in [0.2, 0.25) is 0 Å². The van der Waals surface area contributed by atoms with E-state index in [0.29, 0.717) is 0 Å². The lowest BCUT2D eigenvalue weighted by atomic mass is 9.69. The van der Waals surface area contributed by atoms with E-state index in [1.54, 1.807) is 0 Å². The normalized spacial score (nSPS) is 29.9. The number of nitrogens with zero attached hydrogens (tertiary/aromatic N) is 3. The van der Waals surface area contributed by atoms with Crippen LogP contribution in [0.1, 0.15) is 31.2 Å². The lowest BCUT2D eigenvalue weighted by Crippen LogP contribution is -2.54. The van der Waals surface area contributed by atoms with E-state index in [1.165, 1.54) is 5.56 Å². The van der Waals surface area contributed by atoms with E-state index in [4.69, 9.17) is 0 Å². The lowest BCUT2D eigenvalue weighted by molar-refractivity contribution is 0.0513. The zero-order valence-corrected chi connectivity index (χ0v) is 17.1. The molecule has 1 aromatic carbocycles. The fourth-order valence-corrected chi connectivity index (χ4v) is 5.41. The first-order valence-corrected chi connectivity index (χ1v) is 10.4. The first kappa shape index (κ1) is 18.6. The minimum Gasteiger partial charge on any atom is -0.361 e. The van der Waals surface area contributed by atoms with Crippen molar-refractivity contribution in [2.24, 2.45) is 0 Å². The van der Waals surface area contributed by atoms with Gasteiger partial charge in [0.15, 0.2) is 6.35 Å². The predicted octanol–water partition coefficient (Wildman–Crippen LogP) is 3.02. The molecule has 6 heteroatoms. The Morgan fingerprint density at radius 3 is 2.55 bits per heavy atom. The third-order valence-corrected chi connectivity index (χ3v) is 7.17. The Bertz CT molecular complexity index is 991. The summed E-state index contributed by atoms with van der Waals surface area (Å²) in [5.41, 5.74) is 3.33. The van der Waals surface area contributed by atoms with Crippen LogP contribution in [0.25, 0.3) is 10.9 Å². The van der Waals surface area contributed by atoms with Gasteiger partial charge in [0.25, 0.3) is 0 Å². The van der Waals surface area contributed by atoms with Crippen molar-refractivity contribution in [1.82, 2.24) is 20.2 Å². The van der Waals surface area contributed by atoms with Crippen molar-refractivity contribution in [3.8, 4) is 0 Å². The number of aromatic amines is 1. The maximum absolute atomic E-state index is 10.9. The van der Waals surface area contributed by atoms with Gasteiger partial charge in [0, 0.05) is 29.2 Å². The largest absolute Gasteiger partial charge is 0.361 e. The number of hydrogen-bond acceptors (Lipinski definition) is 5. The Kier molecular flexibility index (Phi) is 4.38. The van der Waals surface area contributed by atoms with E-state index in [-0.39, 0.29) is 11.1 Å². The van der Waals surface area contributed by atoms with Gasteiger partial charge in [-0.1, -0.05) is 30.3 Å². The molecule has 1 spiro atoms. The highest BCUT2D eigenvalue weighted by Crippen LogP contribution is 2.47. The molecule has 2 aromatic heterocycles. The van der Waals surface area contributed by atoms with Crippen molar-refractivity contribution in [3.63, 3.8) is 0 Å². The van der Waals surface area contributed by atoms with Crippen molar-refractivity contribution in [2.75, 3.05) is 25.5 Å². The summed E-state index contributed by atoms with van der Waals surface area (Å²) in [6, 6.07) is 12.9. The molecule has 0 bridgehead atoms. The summed E-state index contributed by atoms with van der Waals surface area (Å²) in [4.78, 5) is 12.0. The predicted molar refractivity (Wildman–Crippen MR) is 116 cm³/mol. The monoisotopic (exact) mass is 391 g/mol. The summed E-state index contributed by atoms with van der Waals surface area (Å²) in [5, 5.41) is 15.5. The maximum Gasteiger partial charge on any atom is 0.184 e. The van der Waals surface area contributed by atoms with Crippen LogP contribution in [-0.2, 0) is 5.54 Å². The molecule has 1 aliphatic heterocycles. The molecule has 1 atom stereocenters. The number of aliphatic hydroxyl groups is 1. The summed E-state index contributed by atoms with van der Waals surface area (Å²) in [7, 11) is 4.37. The first-order valence-electron chi connectivity index (χ1n) is 10.4. The molecule has 1 aliphatic carbocycles. The smallest absolute Gasteiger partial charge is 0.184 e. The molecule has 1 saturated carbocycles. The van der Waals surface area contributed by atoms with Gasteiger partial charge in [-0.15, -0.1) is 0 Å². The van der Waals surface area contributed by atoms with E-state index >= 15 is 0 Å². The number of rotatable bonds is 3. The van der Waals surface area contributed by atoms with E-state index in [1.807, 2.05) is 18.6 Å². The molecule has 2 aliphatic rings. The Balaban J connectivity index is 1.41. The highest BCUT2D eigenvalue weighted by Gasteiger charge is 2.50. The molecule has 3 aromatic rings. The van der Waals surface area contributed by atoms with E-state index < -0.39 is 6.35 Å². The molecule has 152 valence electrons. The van der Waals surface area contributed by atoms with Gasteiger partial charge in [0.1, 0.15) is 0 Å². The zero-order valence-electron chi connectivity index (χ0n) is 17.1. The highest BCUT2D eigenvalue weighted by atomic mass is 16.3. The second kappa shape index (κ2) is 6.83. The van der Waals surface area contributed by atoms with Gasteiger partial charge < -0.3 is 15.0 Å². The highest BCUT2D eigenvalue weighted by molar-refractivity contribution is 5.91. The zero-order chi connectivity index (χ0) is 20.1. The van der Waals surface area contributed by atoms with Crippen molar-refractivity contribution >= 4 is 16.6 Å². The molecular weight excluding hydrogens is 362 g/mol. The number of hydrogen-bond donors (Lipinski definition) is 3. The number of benzene rings is 1. The van der Waals surface area contributed by atoms with Gasteiger partial charge in [-0.2, -0.15) is 0 Å². The van der Waals surface area contributed by atoms with Gasteiger partial charge in [-0.25, -0.2) is 0 Å². The Labute approximate surface area is 171 Å². The van der Waals surface area contributed by atoms with E-state index in [0.717, 1.165) is 48.8 Å². The molecule has 5 rings (SSSR count). The van der Waals surface area contributed by atoms with Gasteiger partial charge >= 0.3 is 0 Å². The number of anilines is 1. The Morgan fingerprint density at radius 2 is 1.83 bits per heavy atom. The quantitative estimate of drug-likeness (QED) is 0.640. The fraction of sp³-hybridized carbons (Fsp3) is 0.435. The van der Waals surface area contributed by atoms with Crippen LogP contribution in [0.3, 0.4) is 0 Å². The minimum atomic E-state index is -0.694. The lowest BCUT2D eigenvalue weighted by Gasteiger charge is -2.49. The maximum atomic E-state index is 10.9. The van der Waals surface area contributed by atoms with Crippen LogP contribution in [0.2, 0.25) is 0 Å². The number of fused-ring (bicyclic) bond motifs is 1. The van der Waals surface area contributed by atoms with Crippen LogP contribution >= 0.6 is 0 Å². The van der Waals surface area contributed by atoms with Gasteiger partial charge in [-0.05, 0) is 51.4 Å². The summed E-state index contributed by atoms with van der Waals surface area (Å²) >= 11 is 0. The summed E-state index contributed by atoms with van der Waals surface area (Å²) in [6.45, 7) is 0.790. The van der Waals surface area contributed by atoms with Crippen molar-refractivity contribution < 1.29 is 5.11 Å². The van der Waals surface area contributed by atoms with Crippen LogP contribution in [0.4, 0.5) is 5.69 Å². The van der Waals surface area contributed by atoms with Crippen LogP contribution in [0.15, 0.2) is 55.0 Å². The van der Waals surface area contributed by atoms with Crippen LogP contribution in [-0.4, -0.2) is 52.5 Å².